The normalized spacial score (nSPS) is 10.3. The van der Waals surface area contributed by atoms with Gasteiger partial charge < -0.3 is 14.9 Å². The Bertz CT molecular complexity index is 563. The summed E-state index contributed by atoms with van der Waals surface area (Å²) >= 11 is 11.7. The minimum Gasteiger partial charge on any atom is -0.476 e. The Hall–Kier alpha value is -1.72. The van der Waals surface area contributed by atoms with Gasteiger partial charge in [0.05, 0.1) is 6.54 Å². The third-order valence-corrected chi connectivity index (χ3v) is 2.54. The van der Waals surface area contributed by atoms with Crippen LogP contribution in [0.3, 0.4) is 0 Å². The molecule has 0 saturated carbocycles. The van der Waals surface area contributed by atoms with Gasteiger partial charge in [-0.25, -0.2) is 4.79 Å². The Kier molecular flexibility index (Phi) is 3.74. The highest BCUT2D eigenvalue weighted by molar-refractivity contribution is 6.35. The van der Waals surface area contributed by atoms with Gasteiger partial charge in [-0.15, -0.1) is 0 Å². The van der Waals surface area contributed by atoms with E-state index >= 15 is 0 Å². The summed E-state index contributed by atoms with van der Waals surface area (Å²) in [5.41, 5.74) is 0.580. The molecular formula is C11H8Cl2N2O3. The van der Waals surface area contributed by atoms with Gasteiger partial charge in [0.25, 0.3) is 0 Å². The van der Waals surface area contributed by atoms with E-state index in [-0.39, 0.29) is 12.2 Å². The first kappa shape index (κ1) is 12.7. The van der Waals surface area contributed by atoms with Crippen molar-refractivity contribution in [3.8, 4) is 0 Å². The van der Waals surface area contributed by atoms with Crippen LogP contribution in [-0.4, -0.2) is 16.2 Å². The van der Waals surface area contributed by atoms with Gasteiger partial charge in [0.15, 0.2) is 11.5 Å². The highest BCUT2D eigenvalue weighted by Gasteiger charge is 2.10. The van der Waals surface area contributed by atoms with Crippen molar-refractivity contribution in [2.45, 2.75) is 6.54 Å². The van der Waals surface area contributed by atoms with E-state index in [0.29, 0.717) is 21.5 Å². The van der Waals surface area contributed by atoms with Crippen molar-refractivity contribution in [1.29, 1.82) is 0 Å². The van der Waals surface area contributed by atoms with Crippen LogP contribution in [0, 0.1) is 0 Å². The maximum absolute atomic E-state index is 10.6. The fourth-order valence-electron chi connectivity index (χ4n) is 1.34. The third kappa shape index (κ3) is 3.15. The molecule has 2 N–H and O–H groups in total. The van der Waals surface area contributed by atoms with E-state index in [2.05, 4.69) is 10.5 Å². The molecule has 0 unspecified atom stereocenters. The van der Waals surface area contributed by atoms with E-state index in [0.717, 1.165) is 0 Å². The summed E-state index contributed by atoms with van der Waals surface area (Å²) in [4.78, 5) is 10.6. The lowest BCUT2D eigenvalue weighted by Crippen LogP contribution is -1.98. The maximum atomic E-state index is 10.6. The molecule has 2 rings (SSSR count). The predicted molar refractivity (Wildman–Crippen MR) is 67.3 cm³/mol. The number of nitrogens with one attached hydrogen (secondary N) is 1. The number of rotatable bonds is 4. The van der Waals surface area contributed by atoms with Gasteiger partial charge in [0.1, 0.15) is 0 Å². The number of carboxylic acid groups (broad SMARTS) is 1. The number of halogens is 2. The summed E-state index contributed by atoms with van der Waals surface area (Å²) in [6.45, 7) is 0.289. The summed E-state index contributed by atoms with van der Waals surface area (Å²) in [6.07, 6.45) is 0. The number of aromatic nitrogens is 1. The van der Waals surface area contributed by atoms with Crippen molar-refractivity contribution in [1.82, 2.24) is 5.16 Å². The average Bonchev–Trinajstić information content (AvgIpc) is 2.73. The van der Waals surface area contributed by atoms with E-state index < -0.39 is 5.97 Å². The Morgan fingerprint density at radius 2 is 1.94 bits per heavy atom. The van der Waals surface area contributed by atoms with Crippen LogP contribution in [0.2, 0.25) is 10.0 Å². The Labute approximate surface area is 112 Å². The molecule has 0 atom stereocenters. The van der Waals surface area contributed by atoms with Gasteiger partial charge in [-0.1, -0.05) is 28.4 Å². The Morgan fingerprint density at radius 3 is 2.50 bits per heavy atom. The topological polar surface area (TPSA) is 75.4 Å². The van der Waals surface area contributed by atoms with Crippen LogP contribution in [-0.2, 0) is 6.54 Å². The quantitative estimate of drug-likeness (QED) is 0.902. The fourth-order valence-corrected chi connectivity index (χ4v) is 1.87. The summed E-state index contributed by atoms with van der Waals surface area (Å²) in [5.74, 6) is -0.723. The highest BCUT2D eigenvalue weighted by Crippen LogP contribution is 2.22. The van der Waals surface area contributed by atoms with Crippen LogP contribution in [0.1, 0.15) is 16.2 Å². The molecule has 18 heavy (non-hydrogen) atoms. The minimum absolute atomic E-state index is 0.129. The maximum Gasteiger partial charge on any atom is 0.358 e. The summed E-state index contributed by atoms with van der Waals surface area (Å²) in [6, 6.07) is 6.36. The first-order valence-corrected chi connectivity index (χ1v) is 5.69. The smallest absolute Gasteiger partial charge is 0.358 e. The second kappa shape index (κ2) is 5.29. The lowest BCUT2D eigenvalue weighted by atomic mass is 10.3. The van der Waals surface area contributed by atoms with Crippen molar-refractivity contribution in [2.75, 3.05) is 5.32 Å². The zero-order valence-corrected chi connectivity index (χ0v) is 10.5. The number of nitrogens with zero attached hydrogens (tertiary/aromatic N) is 1. The van der Waals surface area contributed by atoms with Gasteiger partial charge >= 0.3 is 5.97 Å². The lowest BCUT2D eigenvalue weighted by molar-refractivity contribution is 0.0685. The number of carbonyl (C=O) groups is 1. The molecule has 0 aliphatic carbocycles. The van der Waals surface area contributed by atoms with Crippen molar-refractivity contribution in [3.63, 3.8) is 0 Å². The monoisotopic (exact) mass is 286 g/mol. The zero-order chi connectivity index (χ0) is 13.1. The molecule has 1 aromatic heterocycles. The first-order valence-electron chi connectivity index (χ1n) is 4.93. The molecular weight excluding hydrogens is 279 g/mol. The molecule has 1 heterocycles. The molecule has 0 aliphatic rings. The third-order valence-electron chi connectivity index (χ3n) is 2.11. The Balaban J connectivity index is 2.04. The van der Waals surface area contributed by atoms with Crippen LogP contribution in [0.15, 0.2) is 28.8 Å². The van der Waals surface area contributed by atoms with E-state index in [9.17, 15) is 4.79 Å². The van der Waals surface area contributed by atoms with E-state index in [4.69, 9.17) is 32.8 Å². The number of carboxylic acids is 1. The van der Waals surface area contributed by atoms with Crippen LogP contribution in [0.25, 0.3) is 0 Å². The number of aromatic carboxylic acids is 1. The van der Waals surface area contributed by atoms with Crippen molar-refractivity contribution >= 4 is 34.9 Å². The van der Waals surface area contributed by atoms with E-state index in [1.165, 1.54) is 6.07 Å². The van der Waals surface area contributed by atoms with Gasteiger partial charge in [0, 0.05) is 21.8 Å². The van der Waals surface area contributed by atoms with Crippen molar-refractivity contribution in [2.24, 2.45) is 0 Å². The second-order valence-electron chi connectivity index (χ2n) is 3.50. The molecule has 0 aliphatic heterocycles. The van der Waals surface area contributed by atoms with E-state index in [1.54, 1.807) is 18.2 Å². The van der Waals surface area contributed by atoms with Crippen LogP contribution >= 0.6 is 23.2 Å². The summed E-state index contributed by atoms with van der Waals surface area (Å²) < 4.78 is 4.85. The van der Waals surface area contributed by atoms with Gasteiger partial charge in [-0.3, -0.25) is 0 Å². The molecule has 0 spiro atoms. The predicted octanol–water partition coefficient (Wildman–Crippen LogP) is 3.29. The zero-order valence-electron chi connectivity index (χ0n) is 8.98. The summed E-state index contributed by atoms with van der Waals surface area (Å²) in [5, 5.41) is 16.1. The standard InChI is InChI=1S/C11H8Cl2N2O3/c12-6-1-7(13)3-8(2-6)14-5-9-4-10(11(16)17)15-18-9/h1-4,14H,5H2,(H,16,17). The van der Waals surface area contributed by atoms with Gasteiger partial charge in [0.2, 0.25) is 0 Å². The molecule has 0 saturated heterocycles. The number of benzene rings is 1. The first-order chi connectivity index (χ1) is 8.54. The van der Waals surface area contributed by atoms with Gasteiger partial charge in [-0.2, -0.15) is 0 Å². The number of hydrogen-bond donors (Lipinski definition) is 2. The largest absolute Gasteiger partial charge is 0.476 e. The van der Waals surface area contributed by atoms with Crippen molar-refractivity contribution < 1.29 is 14.4 Å². The van der Waals surface area contributed by atoms with Crippen molar-refractivity contribution in [3.05, 3.63) is 45.8 Å². The van der Waals surface area contributed by atoms with Crippen LogP contribution in [0.4, 0.5) is 5.69 Å². The molecule has 5 nitrogen and oxygen atoms in total. The fraction of sp³-hybridized carbons (Fsp3) is 0.0909. The minimum atomic E-state index is -1.13. The van der Waals surface area contributed by atoms with Crippen LogP contribution in [0.5, 0.6) is 0 Å². The molecule has 0 bridgehead atoms. The molecule has 1 aromatic carbocycles. The second-order valence-corrected chi connectivity index (χ2v) is 4.37. The lowest BCUT2D eigenvalue weighted by Gasteiger charge is -2.04. The molecule has 0 fully saturated rings. The van der Waals surface area contributed by atoms with Gasteiger partial charge in [-0.05, 0) is 18.2 Å². The van der Waals surface area contributed by atoms with Crippen LogP contribution < -0.4 is 5.32 Å². The molecule has 7 heteroatoms. The number of anilines is 1. The SMILES string of the molecule is O=C(O)c1cc(CNc2cc(Cl)cc(Cl)c2)on1. The molecule has 0 amide bonds. The van der Waals surface area contributed by atoms with E-state index in [1.807, 2.05) is 0 Å². The molecule has 94 valence electrons. The number of hydrogen-bond acceptors (Lipinski definition) is 4. The Morgan fingerprint density at radius 1 is 1.28 bits per heavy atom. The highest BCUT2D eigenvalue weighted by atomic mass is 35.5. The summed E-state index contributed by atoms with van der Waals surface area (Å²) in [7, 11) is 0. The average molecular weight is 287 g/mol. The molecule has 0 radical (unpaired) electrons. The molecule has 2 aromatic rings.